The second kappa shape index (κ2) is 6.36. The van der Waals surface area contributed by atoms with Crippen molar-refractivity contribution < 1.29 is 31.5 Å². The molecule has 0 aromatic heterocycles. The highest BCUT2D eigenvalue weighted by Gasteiger charge is 2.63. The van der Waals surface area contributed by atoms with Crippen molar-refractivity contribution in [3.8, 4) is 5.75 Å². The molecular weight excluding hydrogens is 319 g/mol. The first-order valence-electron chi connectivity index (χ1n) is 6.48. The van der Waals surface area contributed by atoms with Crippen LogP contribution < -0.4 is 4.74 Å². The maximum Gasteiger partial charge on any atom is 0.461 e. The molecule has 0 spiro atoms. The van der Waals surface area contributed by atoms with Crippen molar-refractivity contribution in [2.24, 2.45) is 0 Å². The number of Topliss-reactive ketones (excluding diaryl/α,β-unsaturated/α-hetero) is 1. The first-order chi connectivity index (χ1) is 10.7. The lowest BCUT2D eigenvalue weighted by Gasteiger charge is -2.18. The van der Waals surface area contributed by atoms with Gasteiger partial charge in [-0.2, -0.15) is 22.0 Å². The highest BCUT2D eigenvalue weighted by Crippen LogP contribution is 2.38. The summed E-state index contributed by atoms with van der Waals surface area (Å²) in [6.07, 6.45) is -5.94. The molecular formula is C16H11F5O2. The van der Waals surface area contributed by atoms with Gasteiger partial charge in [-0.1, -0.05) is 42.5 Å². The molecule has 2 nitrogen and oxygen atoms in total. The third-order valence-electron chi connectivity index (χ3n) is 2.99. The Morgan fingerprint density at radius 2 is 1.57 bits per heavy atom. The largest absolute Gasteiger partial charge is 0.489 e. The van der Waals surface area contributed by atoms with Crippen LogP contribution in [0.3, 0.4) is 0 Å². The second-order valence-corrected chi connectivity index (χ2v) is 4.70. The van der Waals surface area contributed by atoms with Gasteiger partial charge in [0.2, 0.25) is 5.78 Å². The molecule has 2 rings (SSSR count). The predicted octanol–water partition coefficient (Wildman–Crippen LogP) is 4.65. The van der Waals surface area contributed by atoms with Crippen molar-refractivity contribution in [1.82, 2.24) is 0 Å². The molecule has 0 atom stereocenters. The predicted molar refractivity (Wildman–Crippen MR) is 72.5 cm³/mol. The maximum absolute atomic E-state index is 13.1. The fourth-order valence-corrected chi connectivity index (χ4v) is 1.78. The number of benzene rings is 2. The zero-order valence-electron chi connectivity index (χ0n) is 11.6. The zero-order chi connectivity index (χ0) is 17.1. The first kappa shape index (κ1) is 16.9. The van der Waals surface area contributed by atoms with Crippen molar-refractivity contribution in [3.05, 3.63) is 65.7 Å². The number of ether oxygens (including phenoxy) is 1. The smallest absolute Gasteiger partial charge is 0.461 e. The molecule has 2 aromatic carbocycles. The standard InChI is InChI=1S/C16H11F5O2/c17-15(18,16(19,20)21)14(22)12-7-4-8-13(9-12)23-10-11-5-2-1-3-6-11/h1-9H,10H2. The minimum Gasteiger partial charge on any atom is -0.489 e. The van der Waals surface area contributed by atoms with E-state index in [1.165, 1.54) is 12.1 Å². The summed E-state index contributed by atoms with van der Waals surface area (Å²) in [4.78, 5) is 11.4. The van der Waals surface area contributed by atoms with Crippen LogP contribution in [0.2, 0.25) is 0 Å². The van der Waals surface area contributed by atoms with Gasteiger partial charge < -0.3 is 4.74 Å². The van der Waals surface area contributed by atoms with Gasteiger partial charge in [0.25, 0.3) is 0 Å². The Kier molecular flexibility index (Phi) is 4.68. The summed E-state index contributed by atoms with van der Waals surface area (Å²) in [5.41, 5.74) is 0.0164. The number of ketones is 1. The van der Waals surface area contributed by atoms with Crippen LogP contribution >= 0.6 is 0 Å². The van der Waals surface area contributed by atoms with E-state index in [4.69, 9.17) is 4.74 Å². The number of alkyl halides is 5. The minimum atomic E-state index is -5.94. The number of halogens is 5. The van der Waals surface area contributed by atoms with Crippen molar-refractivity contribution in [1.29, 1.82) is 0 Å². The molecule has 0 aliphatic heterocycles. The van der Waals surface area contributed by atoms with Crippen LogP contribution in [0.5, 0.6) is 5.75 Å². The van der Waals surface area contributed by atoms with Crippen LogP contribution in [0.1, 0.15) is 15.9 Å². The number of hydrogen-bond acceptors (Lipinski definition) is 2. The Balaban J connectivity index is 2.15. The second-order valence-electron chi connectivity index (χ2n) is 4.70. The average Bonchev–Trinajstić information content (AvgIpc) is 2.52. The van der Waals surface area contributed by atoms with Gasteiger partial charge in [0.1, 0.15) is 12.4 Å². The fraction of sp³-hybridized carbons (Fsp3) is 0.188. The highest BCUT2D eigenvalue weighted by molar-refractivity contribution is 6.02. The molecule has 0 N–H and O–H groups in total. The summed E-state index contributed by atoms with van der Waals surface area (Å²) in [5, 5.41) is 0. The van der Waals surface area contributed by atoms with E-state index in [1.807, 2.05) is 0 Å². The number of rotatable bonds is 5. The molecule has 7 heteroatoms. The van der Waals surface area contributed by atoms with Gasteiger partial charge in [0.05, 0.1) is 0 Å². The lowest BCUT2D eigenvalue weighted by atomic mass is 10.0. The zero-order valence-corrected chi connectivity index (χ0v) is 11.6. The molecule has 0 fully saturated rings. The molecule has 0 bridgehead atoms. The Bertz CT molecular complexity index is 680. The van der Waals surface area contributed by atoms with Crippen LogP contribution in [0, 0.1) is 0 Å². The van der Waals surface area contributed by atoms with Gasteiger partial charge in [-0.25, -0.2) is 0 Å². The quantitative estimate of drug-likeness (QED) is 0.589. The summed E-state index contributed by atoms with van der Waals surface area (Å²) >= 11 is 0. The molecule has 2 aromatic rings. The molecule has 23 heavy (non-hydrogen) atoms. The van der Waals surface area contributed by atoms with E-state index in [0.29, 0.717) is 0 Å². The van der Waals surface area contributed by atoms with E-state index in [-0.39, 0.29) is 12.4 Å². The molecule has 0 radical (unpaired) electrons. The molecule has 0 aliphatic rings. The summed E-state index contributed by atoms with van der Waals surface area (Å²) in [5.74, 6) is -7.72. The first-order valence-corrected chi connectivity index (χ1v) is 6.48. The number of carbonyl (C=O) groups excluding carboxylic acids is 1. The van der Waals surface area contributed by atoms with E-state index >= 15 is 0 Å². The minimum absolute atomic E-state index is 0.0256. The van der Waals surface area contributed by atoms with Crippen molar-refractivity contribution >= 4 is 5.78 Å². The van der Waals surface area contributed by atoms with E-state index in [1.54, 1.807) is 30.3 Å². The Hall–Kier alpha value is -2.44. The Labute approximate surface area is 128 Å². The highest BCUT2D eigenvalue weighted by atomic mass is 19.4. The summed E-state index contributed by atoms with van der Waals surface area (Å²) in [6, 6.07) is 13.1. The lowest BCUT2D eigenvalue weighted by molar-refractivity contribution is -0.255. The van der Waals surface area contributed by atoms with Gasteiger partial charge in [0, 0.05) is 5.56 Å². The number of hydrogen-bond donors (Lipinski definition) is 0. The van der Waals surface area contributed by atoms with E-state index in [0.717, 1.165) is 17.7 Å². The summed E-state index contributed by atoms with van der Waals surface area (Å²) < 4.78 is 68.2. The normalized spacial score (nSPS) is 12.0. The van der Waals surface area contributed by atoms with Crippen LogP contribution in [-0.4, -0.2) is 17.9 Å². The van der Waals surface area contributed by atoms with Crippen LogP contribution in [0.4, 0.5) is 22.0 Å². The van der Waals surface area contributed by atoms with E-state index in [9.17, 15) is 26.7 Å². The van der Waals surface area contributed by atoms with Crippen LogP contribution in [-0.2, 0) is 6.61 Å². The lowest BCUT2D eigenvalue weighted by Crippen LogP contribution is -2.44. The van der Waals surface area contributed by atoms with Crippen molar-refractivity contribution in [2.45, 2.75) is 18.7 Å². The topological polar surface area (TPSA) is 26.3 Å². The molecule has 0 saturated heterocycles. The summed E-state index contributed by atoms with van der Waals surface area (Å²) in [6.45, 7) is 0.0914. The monoisotopic (exact) mass is 330 g/mol. The molecule has 0 heterocycles. The van der Waals surface area contributed by atoms with Crippen LogP contribution in [0.25, 0.3) is 0 Å². The van der Waals surface area contributed by atoms with Gasteiger partial charge in [-0.05, 0) is 17.7 Å². The Morgan fingerprint density at radius 3 is 2.17 bits per heavy atom. The maximum atomic E-state index is 13.1. The third kappa shape index (κ3) is 3.85. The Morgan fingerprint density at radius 1 is 0.913 bits per heavy atom. The number of carbonyl (C=O) groups is 1. The molecule has 0 saturated carbocycles. The molecule has 0 aliphatic carbocycles. The van der Waals surface area contributed by atoms with Gasteiger partial charge >= 0.3 is 12.1 Å². The SMILES string of the molecule is O=C(c1cccc(OCc2ccccc2)c1)C(F)(F)C(F)(F)F. The third-order valence-corrected chi connectivity index (χ3v) is 2.99. The van der Waals surface area contributed by atoms with E-state index < -0.39 is 23.4 Å². The molecule has 0 amide bonds. The molecule has 0 unspecified atom stereocenters. The van der Waals surface area contributed by atoms with Gasteiger partial charge in [-0.15, -0.1) is 0 Å². The summed E-state index contributed by atoms with van der Waals surface area (Å²) in [7, 11) is 0. The van der Waals surface area contributed by atoms with E-state index in [2.05, 4.69) is 0 Å². The van der Waals surface area contributed by atoms with Crippen molar-refractivity contribution in [3.63, 3.8) is 0 Å². The fourth-order valence-electron chi connectivity index (χ4n) is 1.78. The van der Waals surface area contributed by atoms with Gasteiger partial charge in [-0.3, -0.25) is 4.79 Å². The van der Waals surface area contributed by atoms with Crippen LogP contribution in [0.15, 0.2) is 54.6 Å². The van der Waals surface area contributed by atoms with Gasteiger partial charge in [0.15, 0.2) is 0 Å². The van der Waals surface area contributed by atoms with Crippen molar-refractivity contribution in [2.75, 3.05) is 0 Å². The molecule has 122 valence electrons. The average molecular weight is 330 g/mol.